The van der Waals surface area contributed by atoms with E-state index >= 15 is 0 Å². The number of thiazole rings is 1. The molecule has 0 spiro atoms. The standard InChI is InChI=1S/C12H22N2OS/c1-5-13-12(2,3)10-9-16-11(14-10)7-6-8-15-4/h9,13H,5-8H2,1-4H3. The van der Waals surface area contributed by atoms with E-state index in [0.717, 1.165) is 31.7 Å². The van der Waals surface area contributed by atoms with Crippen LogP contribution < -0.4 is 5.32 Å². The third kappa shape index (κ3) is 3.85. The van der Waals surface area contributed by atoms with Crippen LogP contribution >= 0.6 is 11.3 Å². The van der Waals surface area contributed by atoms with E-state index in [1.54, 1.807) is 18.4 Å². The zero-order valence-corrected chi connectivity index (χ0v) is 11.5. The summed E-state index contributed by atoms with van der Waals surface area (Å²) in [6.45, 7) is 8.23. The molecule has 1 heterocycles. The first-order chi connectivity index (χ1) is 7.60. The molecule has 0 saturated heterocycles. The summed E-state index contributed by atoms with van der Waals surface area (Å²) in [5, 5.41) is 6.80. The molecule has 0 saturated carbocycles. The first-order valence-corrected chi connectivity index (χ1v) is 6.67. The van der Waals surface area contributed by atoms with Crippen LogP contribution in [0, 0.1) is 0 Å². The molecular weight excluding hydrogens is 220 g/mol. The van der Waals surface area contributed by atoms with Crippen molar-refractivity contribution in [2.24, 2.45) is 0 Å². The van der Waals surface area contributed by atoms with Crippen molar-refractivity contribution < 1.29 is 4.74 Å². The van der Waals surface area contributed by atoms with E-state index in [9.17, 15) is 0 Å². The highest BCUT2D eigenvalue weighted by Gasteiger charge is 2.21. The smallest absolute Gasteiger partial charge is 0.0929 e. The van der Waals surface area contributed by atoms with Crippen LogP contribution in [0.15, 0.2) is 5.38 Å². The van der Waals surface area contributed by atoms with E-state index in [1.807, 2.05) is 0 Å². The van der Waals surface area contributed by atoms with Gasteiger partial charge in [0.1, 0.15) is 0 Å². The highest BCUT2D eigenvalue weighted by Crippen LogP contribution is 2.22. The van der Waals surface area contributed by atoms with Crippen LogP contribution in [-0.4, -0.2) is 25.2 Å². The lowest BCUT2D eigenvalue weighted by molar-refractivity contribution is 0.195. The van der Waals surface area contributed by atoms with Gasteiger partial charge in [-0.15, -0.1) is 11.3 Å². The third-order valence-electron chi connectivity index (χ3n) is 2.55. The fourth-order valence-electron chi connectivity index (χ4n) is 1.61. The summed E-state index contributed by atoms with van der Waals surface area (Å²) in [7, 11) is 1.74. The molecular formula is C12H22N2OS. The van der Waals surface area contributed by atoms with Gasteiger partial charge in [0, 0.05) is 25.5 Å². The molecule has 0 aliphatic carbocycles. The predicted molar refractivity (Wildman–Crippen MR) is 69.0 cm³/mol. The molecule has 1 aromatic heterocycles. The SMILES string of the molecule is CCNC(C)(C)c1csc(CCCOC)n1. The number of aryl methyl sites for hydroxylation is 1. The Morgan fingerprint density at radius 2 is 2.25 bits per heavy atom. The van der Waals surface area contributed by atoms with Gasteiger partial charge in [-0.3, -0.25) is 0 Å². The van der Waals surface area contributed by atoms with E-state index in [-0.39, 0.29) is 5.54 Å². The summed E-state index contributed by atoms with van der Waals surface area (Å²) in [6, 6.07) is 0. The summed E-state index contributed by atoms with van der Waals surface area (Å²) in [6.07, 6.45) is 2.06. The number of rotatable bonds is 7. The quantitative estimate of drug-likeness (QED) is 0.746. The molecule has 92 valence electrons. The van der Waals surface area contributed by atoms with Gasteiger partial charge < -0.3 is 10.1 Å². The second kappa shape index (κ2) is 6.33. The number of aromatic nitrogens is 1. The zero-order chi connectivity index (χ0) is 12.0. The fourth-order valence-corrected chi connectivity index (χ4v) is 2.62. The van der Waals surface area contributed by atoms with Crippen molar-refractivity contribution in [2.45, 2.75) is 39.2 Å². The Morgan fingerprint density at radius 3 is 2.88 bits per heavy atom. The Balaban J connectivity index is 2.56. The van der Waals surface area contributed by atoms with E-state index in [4.69, 9.17) is 4.74 Å². The number of ether oxygens (including phenoxy) is 1. The average Bonchev–Trinajstić information content (AvgIpc) is 2.67. The largest absolute Gasteiger partial charge is 0.385 e. The monoisotopic (exact) mass is 242 g/mol. The average molecular weight is 242 g/mol. The number of nitrogens with one attached hydrogen (secondary N) is 1. The zero-order valence-electron chi connectivity index (χ0n) is 10.7. The van der Waals surface area contributed by atoms with Crippen molar-refractivity contribution in [1.82, 2.24) is 10.3 Å². The number of hydrogen-bond acceptors (Lipinski definition) is 4. The van der Waals surface area contributed by atoms with Gasteiger partial charge in [0.2, 0.25) is 0 Å². The van der Waals surface area contributed by atoms with Gasteiger partial charge in [-0.05, 0) is 26.8 Å². The first-order valence-electron chi connectivity index (χ1n) is 5.79. The van der Waals surface area contributed by atoms with Crippen LogP contribution in [0.3, 0.4) is 0 Å². The lowest BCUT2D eigenvalue weighted by Gasteiger charge is -2.23. The minimum Gasteiger partial charge on any atom is -0.385 e. The molecule has 1 rings (SSSR count). The maximum absolute atomic E-state index is 5.04. The van der Waals surface area contributed by atoms with E-state index in [0.29, 0.717) is 0 Å². The molecule has 0 aromatic carbocycles. The normalized spacial score (nSPS) is 12.0. The summed E-state index contributed by atoms with van der Waals surface area (Å²) in [4.78, 5) is 4.67. The molecule has 0 aliphatic heterocycles. The van der Waals surface area contributed by atoms with Gasteiger partial charge in [-0.2, -0.15) is 0 Å². The molecule has 0 amide bonds. The van der Waals surface area contributed by atoms with Crippen LogP contribution in [0.25, 0.3) is 0 Å². The number of nitrogens with zero attached hydrogens (tertiary/aromatic N) is 1. The Hall–Kier alpha value is -0.450. The molecule has 1 N–H and O–H groups in total. The molecule has 3 nitrogen and oxygen atoms in total. The second-order valence-corrected chi connectivity index (χ2v) is 5.32. The maximum Gasteiger partial charge on any atom is 0.0929 e. The lowest BCUT2D eigenvalue weighted by Crippen LogP contribution is -2.36. The molecule has 0 aliphatic rings. The summed E-state index contributed by atoms with van der Waals surface area (Å²) >= 11 is 1.75. The summed E-state index contributed by atoms with van der Waals surface area (Å²) in [5.41, 5.74) is 1.12. The van der Waals surface area contributed by atoms with Gasteiger partial charge in [-0.1, -0.05) is 6.92 Å². The highest BCUT2D eigenvalue weighted by atomic mass is 32.1. The molecule has 0 radical (unpaired) electrons. The van der Waals surface area contributed by atoms with Crippen LogP contribution in [0.2, 0.25) is 0 Å². The number of hydrogen-bond donors (Lipinski definition) is 1. The molecule has 0 fully saturated rings. The van der Waals surface area contributed by atoms with Gasteiger partial charge in [0.25, 0.3) is 0 Å². The van der Waals surface area contributed by atoms with Crippen molar-refractivity contribution >= 4 is 11.3 Å². The minimum absolute atomic E-state index is 0.0231. The van der Waals surface area contributed by atoms with Crippen molar-refractivity contribution in [2.75, 3.05) is 20.3 Å². The lowest BCUT2D eigenvalue weighted by atomic mass is 10.0. The van der Waals surface area contributed by atoms with E-state index in [2.05, 4.69) is 36.5 Å². The predicted octanol–water partition coefficient (Wildman–Crippen LogP) is 2.57. The molecule has 16 heavy (non-hydrogen) atoms. The van der Waals surface area contributed by atoms with Crippen LogP contribution in [-0.2, 0) is 16.7 Å². The molecule has 0 bridgehead atoms. The second-order valence-electron chi connectivity index (χ2n) is 4.38. The van der Waals surface area contributed by atoms with Gasteiger partial charge >= 0.3 is 0 Å². The highest BCUT2D eigenvalue weighted by molar-refractivity contribution is 7.09. The van der Waals surface area contributed by atoms with Gasteiger partial charge in [-0.25, -0.2) is 4.98 Å². The van der Waals surface area contributed by atoms with Crippen molar-refractivity contribution in [3.63, 3.8) is 0 Å². The van der Waals surface area contributed by atoms with E-state index < -0.39 is 0 Å². The van der Waals surface area contributed by atoms with E-state index in [1.165, 1.54) is 5.01 Å². The Morgan fingerprint density at radius 1 is 1.50 bits per heavy atom. The van der Waals surface area contributed by atoms with Crippen LogP contribution in [0.4, 0.5) is 0 Å². The Labute approximate surface area is 102 Å². The molecule has 0 atom stereocenters. The Bertz CT molecular complexity index is 310. The molecule has 1 aromatic rings. The van der Waals surface area contributed by atoms with Crippen molar-refractivity contribution in [3.05, 3.63) is 16.1 Å². The van der Waals surface area contributed by atoms with Crippen molar-refractivity contribution in [3.8, 4) is 0 Å². The topological polar surface area (TPSA) is 34.1 Å². The maximum atomic E-state index is 5.04. The fraction of sp³-hybridized carbons (Fsp3) is 0.750. The molecule has 4 heteroatoms. The van der Waals surface area contributed by atoms with Crippen LogP contribution in [0.5, 0.6) is 0 Å². The van der Waals surface area contributed by atoms with Crippen molar-refractivity contribution in [1.29, 1.82) is 0 Å². The third-order valence-corrected chi connectivity index (χ3v) is 3.46. The summed E-state index contributed by atoms with van der Waals surface area (Å²) < 4.78 is 5.04. The van der Waals surface area contributed by atoms with Crippen LogP contribution in [0.1, 0.15) is 37.9 Å². The summed E-state index contributed by atoms with van der Waals surface area (Å²) in [5.74, 6) is 0. The first kappa shape index (κ1) is 13.6. The minimum atomic E-state index is -0.0231. The number of methoxy groups -OCH3 is 1. The van der Waals surface area contributed by atoms with Gasteiger partial charge in [0.15, 0.2) is 0 Å². The Kier molecular flexibility index (Phi) is 5.38. The van der Waals surface area contributed by atoms with Gasteiger partial charge in [0.05, 0.1) is 16.2 Å². The molecule has 0 unspecified atom stereocenters.